The number of carbonyl (C=O) groups excluding carboxylic acids is 1. The summed E-state index contributed by atoms with van der Waals surface area (Å²) >= 11 is 1.71. The van der Waals surface area contributed by atoms with Crippen LogP contribution < -0.4 is 5.43 Å². The molecule has 0 aliphatic carbocycles. The Morgan fingerprint density at radius 2 is 2.00 bits per heavy atom. The van der Waals surface area contributed by atoms with Crippen molar-refractivity contribution in [1.82, 2.24) is 9.66 Å². The minimum Gasteiger partial charge on any atom is -0.274 e. The molecule has 2 aromatic rings. The number of nitrogens with zero attached hydrogens (tertiary/aromatic N) is 2. The summed E-state index contributed by atoms with van der Waals surface area (Å²) in [4.78, 5) is 16.7. The fourth-order valence-corrected chi connectivity index (χ4v) is 2.06. The van der Waals surface area contributed by atoms with Gasteiger partial charge in [0.25, 0.3) is 0 Å². The summed E-state index contributed by atoms with van der Waals surface area (Å²) in [5, 5.41) is 0. The van der Waals surface area contributed by atoms with Crippen LogP contribution in [-0.4, -0.2) is 21.8 Å². The van der Waals surface area contributed by atoms with Crippen molar-refractivity contribution in [3.8, 4) is 11.3 Å². The predicted molar refractivity (Wildman–Crippen MR) is 74.2 cm³/mol. The van der Waals surface area contributed by atoms with Crippen molar-refractivity contribution in [2.45, 2.75) is 18.7 Å². The second-order valence-corrected chi connectivity index (χ2v) is 4.82. The maximum Gasteiger partial charge on any atom is 0.235 e. The minimum atomic E-state index is -0.111. The number of imidazole rings is 1. The molecule has 0 unspecified atom stereocenters. The molecule has 0 saturated heterocycles. The van der Waals surface area contributed by atoms with Gasteiger partial charge >= 0.3 is 0 Å². The second kappa shape index (κ2) is 5.27. The summed E-state index contributed by atoms with van der Waals surface area (Å²) in [6, 6.07) is 8.19. The number of aromatic nitrogens is 2. The van der Waals surface area contributed by atoms with Gasteiger partial charge in [0.15, 0.2) is 0 Å². The van der Waals surface area contributed by atoms with Gasteiger partial charge in [-0.2, -0.15) is 0 Å². The van der Waals surface area contributed by atoms with Gasteiger partial charge in [-0.1, -0.05) is 12.1 Å². The van der Waals surface area contributed by atoms with Crippen LogP contribution in [-0.2, 0) is 4.79 Å². The minimum absolute atomic E-state index is 0.111. The summed E-state index contributed by atoms with van der Waals surface area (Å²) in [5.41, 5.74) is 4.59. The lowest BCUT2D eigenvalue weighted by Crippen LogP contribution is -2.19. The smallest absolute Gasteiger partial charge is 0.235 e. The van der Waals surface area contributed by atoms with Crippen molar-refractivity contribution in [2.24, 2.45) is 0 Å². The van der Waals surface area contributed by atoms with E-state index in [0.29, 0.717) is 0 Å². The van der Waals surface area contributed by atoms with Crippen molar-refractivity contribution >= 4 is 17.7 Å². The van der Waals surface area contributed by atoms with Crippen molar-refractivity contribution in [1.29, 1.82) is 0 Å². The average Bonchev–Trinajstić information content (AvgIpc) is 2.70. The topological polar surface area (TPSA) is 46.9 Å². The third-order valence-corrected chi connectivity index (χ3v) is 3.29. The normalized spacial score (nSPS) is 10.4. The van der Waals surface area contributed by atoms with Gasteiger partial charge in [0, 0.05) is 17.4 Å². The van der Waals surface area contributed by atoms with Gasteiger partial charge in [-0.05, 0) is 25.3 Å². The van der Waals surface area contributed by atoms with Crippen LogP contribution in [0, 0.1) is 6.92 Å². The number of hydrogen-bond donors (Lipinski definition) is 1. The van der Waals surface area contributed by atoms with Gasteiger partial charge in [0.05, 0.1) is 11.9 Å². The molecule has 5 heteroatoms. The molecule has 0 atom stereocenters. The highest BCUT2D eigenvalue weighted by atomic mass is 32.2. The fraction of sp³-hybridized carbons (Fsp3) is 0.231. The first-order valence-electron chi connectivity index (χ1n) is 5.58. The zero-order valence-corrected chi connectivity index (χ0v) is 11.4. The number of thioether (sulfide) groups is 1. The van der Waals surface area contributed by atoms with Crippen molar-refractivity contribution < 1.29 is 4.79 Å². The third kappa shape index (κ3) is 2.73. The molecule has 0 aliphatic rings. The standard InChI is InChI=1S/C13H15N3OS/c1-9-14-13(8-16(9)15-10(2)17)11-4-6-12(18-3)7-5-11/h4-8H,1-3H3,(H,15,17). The highest BCUT2D eigenvalue weighted by Gasteiger charge is 2.07. The van der Waals surface area contributed by atoms with E-state index in [-0.39, 0.29) is 5.91 Å². The van der Waals surface area contributed by atoms with Gasteiger partial charge in [-0.25, -0.2) is 9.66 Å². The van der Waals surface area contributed by atoms with Crippen LogP contribution in [0.15, 0.2) is 35.4 Å². The molecular formula is C13H15N3OS. The van der Waals surface area contributed by atoms with E-state index < -0.39 is 0 Å². The molecule has 0 spiro atoms. The van der Waals surface area contributed by atoms with Crippen LogP contribution in [0.5, 0.6) is 0 Å². The molecule has 94 valence electrons. The summed E-state index contributed by atoms with van der Waals surface area (Å²) in [7, 11) is 0. The predicted octanol–water partition coefficient (Wildman–Crippen LogP) is 2.67. The number of rotatable bonds is 3. The fourth-order valence-electron chi connectivity index (χ4n) is 1.66. The van der Waals surface area contributed by atoms with Gasteiger partial charge in [-0.3, -0.25) is 10.2 Å². The quantitative estimate of drug-likeness (QED) is 0.864. The summed E-state index contributed by atoms with van der Waals surface area (Å²) in [6.07, 6.45) is 3.87. The van der Waals surface area contributed by atoms with E-state index in [2.05, 4.69) is 22.5 Å². The lowest BCUT2D eigenvalue weighted by Gasteiger charge is -2.02. The number of benzene rings is 1. The molecule has 1 N–H and O–H groups in total. The van der Waals surface area contributed by atoms with Gasteiger partial charge < -0.3 is 0 Å². The van der Waals surface area contributed by atoms with E-state index in [1.54, 1.807) is 16.4 Å². The maximum absolute atomic E-state index is 11.0. The first-order valence-corrected chi connectivity index (χ1v) is 6.80. The average molecular weight is 261 g/mol. The summed E-state index contributed by atoms with van der Waals surface area (Å²) in [6.45, 7) is 3.34. The van der Waals surface area contributed by atoms with E-state index in [4.69, 9.17) is 0 Å². The van der Waals surface area contributed by atoms with E-state index >= 15 is 0 Å². The molecule has 4 nitrogen and oxygen atoms in total. The van der Waals surface area contributed by atoms with Crippen LogP contribution in [0.3, 0.4) is 0 Å². The molecule has 0 aliphatic heterocycles. The second-order valence-electron chi connectivity index (χ2n) is 3.94. The Balaban J connectivity index is 2.30. The molecule has 0 bridgehead atoms. The summed E-state index contributed by atoms with van der Waals surface area (Å²) < 4.78 is 1.64. The van der Waals surface area contributed by atoms with Crippen LogP contribution in [0.1, 0.15) is 12.7 Å². The van der Waals surface area contributed by atoms with Gasteiger partial charge in [0.1, 0.15) is 5.82 Å². The molecule has 0 radical (unpaired) electrons. The monoisotopic (exact) mass is 261 g/mol. The largest absolute Gasteiger partial charge is 0.274 e. The Morgan fingerprint density at radius 1 is 1.33 bits per heavy atom. The Hall–Kier alpha value is -1.75. The van der Waals surface area contributed by atoms with Crippen LogP contribution in [0.2, 0.25) is 0 Å². The Labute approximate surface area is 110 Å². The van der Waals surface area contributed by atoms with E-state index in [1.807, 2.05) is 31.5 Å². The van der Waals surface area contributed by atoms with Crippen LogP contribution in [0.4, 0.5) is 0 Å². The molecule has 1 aromatic carbocycles. The molecule has 1 amide bonds. The number of carbonyl (C=O) groups is 1. The Bertz CT molecular complexity index is 560. The maximum atomic E-state index is 11.0. The zero-order valence-electron chi connectivity index (χ0n) is 10.6. The Morgan fingerprint density at radius 3 is 2.56 bits per heavy atom. The van der Waals surface area contributed by atoms with Gasteiger partial charge in [0.2, 0.25) is 5.91 Å². The number of hydrogen-bond acceptors (Lipinski definition) is 3. The van der Waals surface area contributed by atoms with E-state index in [0.717, 1.165) is 17.1 Å². The number of nitrogens with one attached hydrogen (secondary N) is 1. The molecular weight excluding hydrogens is 246 g/mol. The first-order chi connectivity index (χ1) is 8.60. The molecule has 18 heavy (non-hydrogen) atoms. The van der Waals surface area contributed by atoms with Crippen molar-refractivity contribution in [3.05, 3.63) is 36.3 Å². The van der Waals surface area contributed by atoms with Crippen molar-refractivity contribution in [2.75, 3.05) is 11.7 Å². The number of aryl methyl sites for hydroxylation is 1. The van der Waals surface area contributed by atoms with Gasteiger partial charge in [-0.15, -0.1) is 11.8 Å². The molecule has 1 aromatic heterocycles. The van der Waals surface area contributed by atoms with E-state index in [1.165, 1.54) is 11.8 Å². The molecule has 1 heterocycles. The third-order valence-electron chi connectivity index (χ3n) is 2.55. The highest BCUT2D eigenvalue weighted by Crippen LogP contribution is 2.22. The van der Waals surface area contributed by atoms with E-state index in [9.17, 15) is 4.79 Å². The summed E-state index contributed by atoms with van der Waals surface area (Å²) in [5.74, 6) is 0.647. The SMILES string of the molecule is CSc1ccc(-c2cn(NC(C)=O)c(C)n2)cc1. The lowest BCUT2D eigenvalue weighted by atomic mass is 10.2. The van der Waals surface area contributed by atoms with Crippen molar-refractivity contribution in [3.63, 3.8) is 0 Å². The number of amides is 1. The molecule has 0 saturated carbocycles. The Kier molecular flexibility index (Phi) is 3.72. The molecule has 0 fully saturated rings. The first kappa shape index (κ1) is 12.7. The highest BCUT2D eigenvalue weighted by molar-refractivity contribution is 7.98. The lowest BCUT2D eigenvalue weighted by molar-refractivity contribution is -0.115. The molecule has 2 rings (SSSR count). The zero-order chi connectivity index (χ0) is 13.1. The van der Waals surface area contributed by atoms with Crippen LogP contribution >= 0.6 is 11.8 Å². The van der Waals surface area contributed by atoms with Crippen LogP contribution in [0.25, 0.3) is 11.3 Å².